The van der Waals surface area contributed by atoms with E-state index in [0.29, 0.717) is 19.6 Å². The molecule has 0 N–H and O–H groups in total. The second kappa shape index (κ2) is 4.20. The summed E-state index contributed by atoms with van der Waals surface area (Å²) in [6.07, 6.45) is 6.96. The molecule has 0 amide bonds. The molecule has 1 rings (SSSR count). The summed E-state index contributed by atoms with van der Waals surface area (Å²) in [5, 5.41) is 0. The molecule has 62 valence electrons. The predicted molar refractivity (Wildman–Crippen MR) is 40.7 cm³/mol. The van der Waals surface area contributed by atoms with Crippen LogP contribution in [0.15, 0.2) is 0 Å². The molecular formula is C8H12FNO. The number of halogens is 1. The molecule has 0 aromatic carbocycles. The molecule has 0 bridgehead atoms. The molecule has 0 aliphatic carbocycles. The largest absolute Gasteiger partial charge is 0.445 e. The third kappa shape index (κ3) is 2.77. The number of hydrogen-bond donors (Lipinski definition) is 0. The fourth-order valence-corrected chi connectivity index (χ4v) is 1.22. The molecule has 0 radical (unpaired) electrons. The minimum absolute atomic E-state index is 0.503. The number of terminal acetylenes is 1. The van der Waals surface area contributed by atoms with Gasteiger partial charge in [0.1, 0.15) is 18.9 Å². The van der Waals surface area contributed by atoms with E-state index in [9.17, 15) is 4.39 Å². The van der Waals surface area contributed by atoms with Crippen molar-refractivity contribution in [2.24, 2.45) is 0 Å². The lowest BCUT2D eigenvalue weighted by molar-refractivity contribution is 0.205. The molecule has 3 heteroatoms. The molecule has 1 fully saturated rings. The average molecular weight is 157 g/mol. The van der Waals surface area contributed by atoms with Gasteiger partial charge in [-0.3, -0.25) is 4.90 Å². The fraction of sp³-hybridized carbons (Fsp3) is 0.750. The zero-order chi connectivity index (χ0) is 8.10. The topological polar surface area (TPSA) is 12.5 Å². The molecule has 2 nitrogen and oxygen atoms in total. The molecule has 11 heavy (non-hydrogen) atoms. The van der Waals surface area contributed by atoms with Crippen molar-refractivity contribution in [1.29, 1.82) is 0 Å². The number of hydrogen-bond acceptors (Lipinski definition) is 2. The van der Waals surface area contributed by atoms with E-state index in [2.05, 4.69) is 6.11 Å². The molecule has 1 atom stereocenters. The van der Waals surface area contributed by atoms with Gasteiger partial charge in [0.25, 0.3) is 0 Å². The van der Waals surface area contributed by atoms with Crippen molar-refractivity contribution in [1.82, 2.24) is 4.90 Å². The Kier molecular flexibility index (Phi) is 3.18. The number of ether oxygens (including phenoxy) is 1. The van der Waals surface area contributed by atoms with Gasteiger partial charge in [0.05, 0.1) is 0 Å². The minimum Gasteiger partial charge on any atom is -0.445 e. The first kappa shape index (κ1) is 8.35. The van der Waals surface area contributed by atoms with Gasteiger partial charge in [0.15, 0.2) is 0 Å². The van der Waals surface area contributed by atoms with Crippen LogP contribution in [0.1, 0.15) is 6.42 Å². The lowest BCUT2D eigenvalue weighted by Crippen LogP contribution is -2.24. The van der Waals surface area contributed by atoms with Gasteiger partial charge in [0.2, 0.25) is 0 Å². The van der Waals surface area contributed by atoms with E-state index < -0.39 is 6.17 Å². The van der Waals surface area contributed by atoms with Crippen LogP contribution in [0.4, 0.5) is 4.39 Å². The highest BCUT2D eigenvalue weighted by Gasteiger charge is 2.20. The third-order valence-corrected chi connectivity index (χ3v) is 1.81. The van der Waals surface area contributed by atoms with Crippen molar-refractivity contribution in [3.05, 3.63) is 0 Å². The van der Waals surface area contributed by atoms with Crippen LogP contribution in [0.5, 0.6) is 0 Å². The van der Waals surface area contributed by atoms with Crippen LogP contribution < -0.4 is 0 Å². The summed E-state index contributed by atoms with van der Waals surface area (Å²) < 4.78 is 17.3. The van der Waals surface area contributed by atoms with E-state index in [1.54, 1.807) is 0 Å². The van der Waals surface area contributed by atoms with Crippen molar-refractivity contribution in [3.63, 3.8) is 0 Å². The fourth-order valence-electron chi connectivity index (χ4n) is 1.22. The number of likely N-dealkylation sites (tertiary alicyclic amines) is 1. The summed E-state index contributed by atoms with van der Waals surface area (Å²) >= 11 is 0. The maximum Gasteiger partial charge on any atom is 0.114 e. The maximum absolute atomic E-state index is 12.6. The van der Waals surface area contributed by atoms with Crippen molar-refractivity contribution < 1.29 is 9.13 Å². The standard InChI is InChI=1S/C8H12FNO/c1-2-11-6-5-10-4-3-8(9)7-10/h1,8H,3-7H2/t8-/m0/s1. The monoisotopic (exact) mass is 157 g/mol. The van der Waals surface area contributed by atoms with E-state index in [1.807, 2.05) is 4.90 Å². The zero-order valence-electron chi connectivity index (χ0n) is 6.42. The zero-order valence-corrected chi connectivity index (χ0v) is 6.42. The van der Waals surface area contributed by atoms with Gasteiger partial charge in [-0.1, -0.05) is 6.42 Å². The van der Waals surface area contributed by atoms with Crippen LogP contribution in [-0.2, 0) is 4.74 Å². The second-order valence-electron chi connectivity index (χ2n) is 2.65. The average Bonchev–Trinajstić information content (AvgIpc) is 2.37. The molecular weight excluding hydrogens is 145 g/mol. The van der Waals surface area contributed by atoms with Gasteiger partial charge in [-0.25, -0.2) is 4.39 Å². The van der Waals surface area contributed by atoms with E-state index in [4.69, 9.17) is 11.2 Å². The van der Waals surface area contributed by atoms with Crippen LogP contribution in [-0.4, -0.2) is 37.3 Å². The van der Waals surface area contributed by atoms with Crippen molar-refractivity contribution in [3.8, 4) is 12.5 Å². The first-order valence-electron chi connectivity index (χ1n) is 3.76. The first-order valence-corrected chi connectivity index (χ1v) is 3.76. The maximum atomic E-state index is 12.6. The van der Waals surface area contributed by atoms with Gasteiger partial charge in [0, 0.05) is 19.6 Å². The lowest BCUT2D eigenvalue weighted by atomic mass is 10.3. The molecule has 1 heterocycles. The summed E-state index contributed by atoms with van der Waals surface area (Å²) in [6.45, 7) is 2.61. The van der Waals surface area contributed by atoms with Crippen molar-refractivity contribution >= 4 is 0 Å². The van der Waals surface area contributed by atoms with Crippen LogP contribution in [0.3, 0.4) is 0 Å². The molecule has 1 aliphatic rings. The Morgan fingerprint density at radius 3 is 3.09 bits per heavy atom. The summed E-state index contributed by atoms with van der Waals surface area (Å²) in [6, 6.07) is 0. The van der Waals surface area contributed by atoms with Crippen molar-refractivity contribution in [2.75, 3.05) is 26.2 Å². The number of alkyl halides is 1. The summed E-state index contributed by atoms with van der Waals surface area (Å²) in [5.41, 5.74) is 0. The van der Waals surface area contributed by atoms with E-state index in [1.165, 1.54) is 0 Å². The summed E-state index contributed by atoms with van der Waals surface area (Å²) in [5.74, 6) is 0. The molecule has 0 aromatic heterocycles. The van der Waals surface area contributed by atoms with Gasteiger partial charge < -0.3 is 4.74 Å². The van der Waals surface area contributed by atoms with Crippen molar-refractivity contribution in [2.45, 2.75) is 12.6 Å². The Hall–Kier alpha value is -0.750. The molecule has 1 saturated heterocycles. The summed E-state index contributed by atoms with van der Waals surface area (Å²) in [7, 11) is 0. The van der Waals surface area contributed by atoms with E-state index >= 15 is 0 Å². The first-order chi connectivity index (χ1) is 5.33. The Balaban J connectivity index is 2.05. The normalized spacial score (nSPS) is 24.9. The SMILES string of the molecule is C#COCCN1CC[C@H](F)C1. The van der Waals surface area contributed by atoms with Gasteiger partial charge in [-0.2, -0.15) is 0 Å². The quantitative estimate of drug-likeness (QED) is 0.440. The molecule has 0 spiro atoms. The predicted octanol–water partition coefficient (Wildman–Crippen LogP) is 0.638. The van der Waals surface area contributed by atoms with E-state index in [0.717, 1.165) is 13.1 Å². The Labute approximate surface area is 66.3 Å². The highest BCUT2D eigenvalue weighted by atomic mass is 19.1. The minimum atomic E-state index is -0.652. The Bertz CT molecular complexity index is 155. The number of rotatable bonds is 3. The molecule has 0 unspecified atom stereocenters. The van der Waals surface area contributed by atoms with Gasteiger partial charge in [-0.15, -0.1) is 0 Å². The summed E-state index contributed by atoms with van der Waals surface area (Å²) in [4.78, 5) is 2.02. The van der Waals surface area contributed by atoms with Crippen LogP contribution in [0, 0.1) is 12.5 Å². The highest BCUT2D eigenvalue weighted by molar-refractivity contribution is 4.75. The van der Waals surface area contributed by atoms with E-state index in [-0.39, 0.29) is 0 Å². The Morgan fingerprint density at radius 2 is 2.55 bits per heavy atom. The third-order valence-electron chi connectivity index (χ3n) is 1.81. The lowest BCUT2D eigenvalue weighted by Gasteiger charge is -2.12. The molecule has 0 aromatic rings. The number of nitrogens with zero attached hydrogens (tertiary/aromatic N) is 1. The van der Waals surface area contributed by atoms with Gasteiger partial charge in [-0.05, 0) is 6.42 Å². The highest BCUT2D eigenvalue weighted by Crippen LogP contribution is 2.10. The second-order valence-corrected chi connectivity index (χ2v) is 2.65. The van der Waals surface area contributed by atoms with Gasteiger partial charge >= 0.3 is 0 Å². The van der Waals surface area contributed by atoms with Crippen LogP contribution in [0.25, 0.3) is 0 Å². The van der Waals surface area contributed by atoms with Crippen LogP contribution >= 0.6 is 0 Å². The Morgan fingerprint density at radius 1 is 1.73 bits per heavy atom. The van der Waals surface area contributed by atoms with Crippen LogP contribution in [0.2, 0.25) is 0 Å². The smallest absolute Gasteiger partial charge is 0.114 e. The molecule has 0 saturated carbocycles. The molecule has 1 aliphatic heterocycles.